The van der Waals surface area contributed by atoms with Gasteiger partial charge in [-0.1, -0.05) is 29.4 Å². The van der Waals surface area contributed by atoms with Crippen LogP contribution in [0.2, 0.25) is 5.02 Å². The van der Waals surface area contributed by atoms with E-state index in [1.807, 2.05) is 0 Å². The van der Waals surface area contributed by atoms with Crippen LogP contribution in [0.3, 0.4) is 0 Å². The summed E-state index contributed by atoms with van der Waals surface area (Å²) in [5, 5.41) is 11.0. The number of amides is 1. The molecule has 7 nitrogen and oxygen atoms in total. The number of benzene rings is 1. The third kappa shape index (κ3) is 5.21. The third-order valence-corrected chi connectivity index (χ3v) is 6.98. The molecule has 0 bridgehead atoms. The predicted octanol–water partition coefficient (Wildman–Crippen LogP) is 2.82. The molecule has 2 aromatic rings. The lowest BCUT2D eigenvalue weighted by Crippen LogP contribution is -2.22. The molecule has 1 aliphatic heterocycles. The standard InChI is InChI=1S/C16H18ClN3O4S2/c1-10(15(21)18-13-4-2-3-12(17)8-13)25-16-20-19-14(24-16)7-11-5-6-26(22,23)9-11/h2-4,8,10-11H,5-7,9H2,1H3,(H,18,21)/t10-,11+/m0/s1. The summed E-state index contributed by atoms with van der Waals surface area (Å²) < 4.78 is 28.6. The minimum Gasteiger partial charge on any atom is -0.416 e. The van der Waals surface area contributed by atoms with Gasteiger partial charge in [-0.15, -0.1) is 10.2 Å². The monoisotopic (exact) mass is 415 g/mol. The van der Waals surface area contributed by atoms with Crippen molar-refractivity contribution in [1.29, 1.82) is 0 Å². The fourth-order valence-electron chi connectivity index (χ4n) is 2.66. The summed E-state index contributed by atoms with van der Waals surface area (Å²) >= 11 is 7.05. The van der Waals surface area contributed by atoms with Gasteiger partial charge in [-0.05, 0) is 37.5 Å². The Balaban J connectivity index is 1.54. The Morgan fingerprint density at radius 2 is 2.27 bits per heavy atom. The lowest BCUT2D eigenvalue weighted by molar-refractivity contribution is -0.115. The molecule has 0 aliphatic carbocycles. The summed E-state index contributed by atoms with van der Waals surface area (Å²) in [4.78, 5) is 12.3. The van der Waals surface area contributed by atoms with Crippen LogP contribution < -0.4 is 5.32 Å². The van der Waals surface area contributed by atoms with Crippen LogP contribution in [0.1, 0.15) is 19.2 Å². The van der Waals surface area contributed by atoms with E-state index in [0.717, 1.165) is 11.8 Å². The van der Waals surface area contributed by atoms with Crippen LogP contribution in [0.5, 0.6) is 0 Å². The van der Waals surface area contributed by atoms with E-state index in [0.29, 0.717) is 29.4 Å². The number of carbonyl (C=O) groups excluding carboxylic acids is 1. The molecule has 1 aliphatic rings. The second-order valence-electron chi connectivity index (χ2n) is 6.19. The number of thioether (sulfide) groups is 1. The number of nitrogens with zero attached hydrogens (tertiary/aromatic N) is 2. The van der Waals surface area contributed by atoms with Crippen LogP contribution in [0, 0.1) is 5.92 Å². The van der Waals surface area contributed by atoms with Crippen molar-refractivity contribution >= 4 is 44.8 Å². The Hall–Kier alpha value is -1.58. The van der Waals surface area contributed by atoms with Crippen molar-refractivity contribution in [3.63, 3.8) is 0 Å². The highest BCUT2D eigenvalue weighted by molar-refractivity contribution is 8.00. The molecule has 1 N–H and O–H groups in total. The van der Waals surface area contributed by atoms with Crippen molar-refractivity contribution in [3.05, 3.63) is 35.2 Å². The summed E-state index contributed by atoms with van der Waals surface area (Å²) in [7, 11) is -2.93. The maximum absolute atomic E-state index is 12.3. The molecule has 2 atom stereocenters. The Kier molecular flexibility index (Phi) is 5.89. The fourth-order valence-corrected chi connectivity index (χ4v) is 5.42. The molecule has 2 heterocycles. The number of aromatic nitrogens is 2. The van der Waals surface area contributed by atoms with Crippen molar-refractivity contribution in [3.8, 4) is 0 Å². The lowest BCUT2D eigenvalue weighted by atomic mass is 10.1. The number of nitrogens with one attached hydrogen (secondary N) is 1. The molecule has 140 valence electrons. The topological polar surface area (TPSA) is 102 Å². The van der Waals surface area contributed by atoms with Crippen LogP contribution in [0.15, 0.2) is 33.9 Å². The molecule has 0 spiro atoms. The fraction of sp³-hybridized carbons (Fsp3) is 0.438. The highest BCUT2D eigenvalue weighted by Crippen LogP contribution is 2.26. The van der Waals surface area contributed by atoms with E-state index in [2.05, 4.69) is 15.5 Å². The smallest absolute Gasteiger partial charge is 0.277 e. The summed E-state index contributed by atoms with van der Waals surface area (Å²) in [5.74, 6) is 0.586. The first-order valence-electron chi connectivity index (χ1n) is 8.06. The molecule has 0 unspecified atom stereocenters. The van der Waals surface area contributed by atoms with Crippen LogP contribution in [0.4, 0.5) is 5.69 Å². The van der Waals surface area contributed by atoms with E-state index < -0.39 is 15.1 Å². The molecule has 1 fully saturated rings. The highest BCUT2D eigenvalue weighted by atomic mass is 35.5. The largest absolute Gasteiger partial charge is 0.416 e. The normalized spacial score (nSPS) is 20.0. The number of anilines is 1. The zero-order chi connectivity index (χ0) is 18.7. The van der Waals surface area contributed by atoms with Crippen LogP contribution in [0.25, 0.3) is 0 Å². The van der Waals surface area contributed by atoms with Gasteiger partial charge >= 0.3 is 0 Å². The van der Waals surface area contributed by atoms with Crippen molar-refractivity contribution in [2.75, 3.05) is 16.8 Å². The highest BCUT2D eigenvalue weighted by Gasteiger charge is 2.29. The van der Waals surface area contributed by atoms with Crippen LogP contribution in [-0.2, 0) is 21.1 Å². The first kappa shape index (κ1) is 19.2. The average Bonchev–Trinajstić information content (AvgIpc) is 3.13. The summed E-state index contributed by atoms with van der Waals surface area (Å²) in [5.41, 5.74) is 0.614. The van der Waals surface area contributed by atoms with Crippen molar-refractivity contribution in [2.24, 2.45) is 5.92 Å². The Bertz CT molecular complexity index is 900. The number of sulfone groups is 1. The first-order chi connectivity index (χ1) is 12.3. The molecule has 0 saturated carbocycles. The Morgan fingerprint density at radius 1 is 1.46 bits per heavy atom. The van der Waals surface area contributed by atoms with Gasteiger partial charge in [-0.3, -0.25) is 4.79 Å². The SMILES string of the molecule is C[C@H](Sc1nnc(C[C@H]2CCS(=O)(=O)C2)o1)C(=O)Nc1cccc(Cl)c1. The quantitative estimate of drug-likeness (QED) is 0.723. The molecule has 26 heavy (non-hydrogen) atoms. The van der Waals surface area contributed by atoms with Crippen LogP contribution in [-0.4, -0.2) is 41.3 Å². The third-order valence-electron chi connectivity index (χ3n) is 3.98. The van der Waals surface area contributed by atoms with Gasteiger partial charge in [0.15, 0.2) is 9.84 Å². The van der Waals surface area contributed by atoms with E-state index in [4.69, 9.17) is 16.0 Å². The number of hydrogen-bond acceptors (Lipinski definition) is 7. The molecule has 0 radical (unpaired) electrons. The van der Waals surface area contributed by atoms with Gasteiger partial charge in [0.1, 0.15) is 0 Å². The minimum atomic E-state index is -2.93. The van der Waals surface area contributed by atoms with Crippen molar-refractivity contribution < 1.29 is 17.6 Å². The van der Waals surface area contributed by atoms with E-state index in [1.54, 1.807) is 31.2 Å². The van der Waals surface area contributed by atoms with Crippen molar-refractivity contribution in [2.45, 2.75) is 30.2 Å². The van der Waals surface area contributed by atoms with Gasteiger partial charge in [0.05, 0.1) is 16.8 Å². The van der Waals surface area contributed by atoms with Gasteiger partial charge in [0.25, 0.3) is 5.22 Å². The second kappa shape index (κ2) is 7.98. The lowest BCUT2D eigenvalue weighted by Gasteiger charge is -2.10. The maximum atomic E-state index is 12.3. The van der Waals surface area contributed by atoms with Crippen molar-refractivity contribution in [1.82, 2.24) is 10.2 Å². The zero-order valence-corrected chi connectivity index (χ0v) is 16.4. The molecule has 1 aromatic carbocycles. The van der Waals surface area contributed by atoms with Gasteiger partial charge in [0.2, 0.25) is 11.8 Å². The van der Waals surface area contributed by atoms with E-state index >= 15 is 0 Å². The molecular formula is C16H18ClN3O4S2. The molecule has 1 aromatic heterocycles. The number of rotatable bonds is 6. The molecule has 1 amide bonds. The number of halogens is 1. The zero-order valence-electron chi connectivity index (χ0n) is 14.0. The van der Waals surface area contributed by atoms with E-state index in [1.165, 1.54) is 0 Å². The molecule has 3 rings (SSSR count). The summed E-state index contributed by atoms with van der Waals surface area (Å²) in [6.45, 7) is 1.73. The summed E-state index contributed by atoms with van der Waals surface area (Å²) in [6.07, 6.45) is 1.06. The summed E-state index contributed by atoms with van der Waals surface area (Å²) in [6, 6.07) is 6.90. The maximum Gasteiger partial charge on any atom is 0.277 e. The van der Waals surface area contributed by atoms with E-state index in [-0.39, 0.29) is 28.6 Å². The van der Waals surface area contributed by atoms with Crippen LogP contribution >= 0.6 is 23.4 Å². The van der Waals surface area contributed by atoms with Gasteiger partial charge < -0.3 is 9.73 Å². The number of hydrogen-bond donors (Lipinski definition) is 1. The van der Waals surface area contributed by atoms with Gasteiger partial charge in [-0.25, -0.2) is 8.42 Å². The van der Waals surface area contributed by atoms with E-state index in [9.17, 15) is 13.2 Å². The Morgan fingerprint density at radius 3 is 2.96 bits per heavy atom. The second-order valence-corrected chi connectivity index (χ2v) is 10.2. The van der Waals surface area contributed by atoms with Gasteiger partial charge in [-0.2, -0.15) is 0 Å². The van der Waals surface area contributed by atoms with Gasteiger partial charge in [0, 0.05) is 17.1 Å². The average molecular weight is 416 g/mol. The predicted molar refractivity (Wildman–Crippen MR) is 100 cm³/mol. The molecule has 10 heteroatoms. The molecular weight excluding hydrogens is 398 g/mol. The first-order valence-corrected chi connectivity index (χ1v) is 11.1. The Labute approximate surface area is 160 Å². The minimum absolute atomic E-state index is 0.0156. The number of carbonyl (C=O) groups is 1. The molecule has 1 saturated heterocycles.